The first-order chi connectivity index (χ1) is 10.2. The highest BCUT2D eigenvalue weighted by Gasteiger charge is 2.21. The number of primary amides is 1. The number of ether oxygens (including phenoxy) is 2. The lowest BCUT2D eigenvalue weighted by Gasteiger charge is -2.16. The van der Waals surface area contributed by atoms with Gasteiger partial charge in [-0.05, 0) is 63.8 Å². The van der Waals surface area contributed by atoms with E-state index in [0.717, 1.165) is 25.5 Å². The first-order valence-corrected chi connectivity index (χ1v) is 7.21. The minimum atomic E-state index is -0.725. The van der Waals surface area contributed by atoms with Gasteiger partial charge in [-0.3, -0.25) is 0 Å². The van der Waals surface area contributed by atoms with Gasteiger partial charge in [-0.1, -0.05) is 0 Å². The zero-order valence-corrected chi connectivity index (χ0v) is 13.2. The maximum Gasteiger partial charge on any atom is 0.405 e. The Balaban J connectivity index is 0.000000261. The van der Waals surface area contributed by atoms with E-state index in [-0.39, 0.29) is 11.6 Å². The van der Waals surface area contributed by atoms with Crippen molar-refractivity contribution in [3.8, 4) is 0 Å². The molecule has 1 heterocycles. The molecule has 1 aliphatic rings. The topological polar surface area (TPSA) is 64.8 Å². The Morgan fingerprint density at radius 3 is 2.50 bits per heavy atom. The van der Waals surface area contributed by atoms with Crippen LogP contribution in [0.2, 0.25) is 0 Å². The van der Waals surface area contributed by atoms with Crippen molar-refractivity contribution in [3.63, 3.8) is 0 Å². The highest BCUT2D eigenvalue weighted by molar-refractivity contribution is 5.65. The normalized spacial score (nSPS) is 16.5. The Labute approximate surface area is 129 Å². The number of epoxide rings is 1. The molecular formula is C16H23F2NO3. The van der Waals surface area contributed by atoms with Crippen molar-refractivity contribution < 1.29 is 23.0 Å². The molecule has 1 saturated heterocycles. The summed E-state index contributed by atoms with van der Waals surface area (Å²) in [4.78, 5) is 10.0. The van der Waals surface area contributed by atoms with Crippen molar-refractivity contribution >= 4 is 6.09 Å². The fraction of sp³-hybridized carbons (Fsp3) is 0.562. The summed E-state index contributed by atoms with van der Waals surface area (Å²) >= 11 is 0. The minimum absolute atomic E-state index is 0.317. The Kier molecular flexibility index (Phi) is 6.74. The van der Waals surface area contributed by atoms with E-state index in [0.29, 0.717) is 18.1 Å². The van der Waals surface area contributed by atoms with E-state index in [1.54, 1.807) is 20.8 Å². The molecule has 1 amide bonds. The molecule has 1 unspecified atom stereocenters. The van der Waals surface area contributed by atoms with E-state index >= 15 is 0 Å². The van der Waals surface area contributed by atoms with Crippen LogP contribution < -0.4 is 5.73 Å². The van der Waals surface area contributed by atoms with Gasteiger partial charge in [-0.15, -0.1) is 0 Å². The van der Waals surface area contributed by atoms with Crippen molar-refractivity contribution in [1.29, 1.82) is 0 Å². The number of rotatable bonds is 4. The number of carbonyl (C=O) groups excluding carboxylic acids is 1. The average Bonchev–Trinajstić information content (AvgIpc) is 3.15. The number of carbonyl (C=O) groups is 1. The summed E-state index contributed by atoms with van der Waals surface area (Å²) in [6.07, 6.45) is 2.02. The van der Waals surface area contributed by atoms with E-state index in [1.807, 2.05) is 0 Å². The largest absolute Gasteiger partial charge is 0.444 e. The molecule has 2 rings (SSSR count). The molecular weight excluding hydrogens is 292 g/mol. The Bertz CT molecular complexity index is 497. The van der Waals surface area contributed by atoms with Gasteiger partial charge in [0.25, 0.3) is 0 Å². The fourth-order valence-corrected chi connectivity index (χ4v) is 1.79. The number of hydrogen-bond acceptors (Lipinski definition) is 3. The van der Waals surface area contributed by atoms with Crippen LogP contribution in [0.4, 0.5) is 13.6 Å². The van der Waals surface area contributed by atoms with Gasteiger partial charge < -0.3 is 15.2 Å². The average molecular weight is 315 g/mol. The first-order valence-electron chi connectivity index (χ1n) is 7.21. The quantitative estimate of drug-likeness (QED) is 0.864. The summed E-state index contributed by atoms with van der Waals surface area (Å²) in [6, 6.07) is 3.59. The van der Waals surface area contributed by atoms with Crippen LogP contribution in [0.25, 0.3) is 0 Å². The van der Waals surface area contributed by atoms with E-state index in [1.165, 1.54) is 12.1 Å². The zero-order valence-electron chi connectivity index (χ0n) is 13.2. The molecule has 124 valence electrons. The van der Waals surface area contributed by atoms with Crippen LogP contribution >= 0.6 is 0 Å². The molecule has 0 saturated carbocycles. The number of nitrogens with two attached hydrogens (primary N) is 1. The molecule has 1 aromatic carbocycles. The number of aryl methyl sites for hydroxylation is 1. The van der Waals surface area contributed by atoms with Crippen LogP contribution in [0, 0.1) is 11.6 Å². The predicted molar refractivity (Wildman–Crippen MR) is 79.5 cm³/mol. The van der Waals surface area contributed by atoms with Crippen molar-refractivity contribution in [3.05, 3.63) is 35.4 Å². The van der Waals surface area contributed by atoms with E-state index < -0.39 is 11.7 Å². The molecule has 4 nitrogen and oxygen atoms in total. The van der Waals surface area contributed by atoms with Gasteiger partial charge in [0.2, 0.25) is 0 Å². The van der Waals surface area contributed by atoms with Gasteiger partial charge in [0, 0.05) is 0 Å². The van der Waals surface area contributed by atoms with E-state index in [4.69, 9.17) is 10.5 Å². The van der Waals surface area contributed by atoms with Gasteiger partial charge in [0.05, 0.1) is 12.7 Å². The molecule has 1 aliphatic heterocycles. The van der Waals surface area contributed by atoms with Gasteiger partial charge in [0.15, 0.2) is 0 Å². The van der Waals surface area contributed by atoms with Gasteiger partial charge in [-0.2, -0.15) is 0 Å². The lowest BCUT2D eigenvalue weighted by atomic mass is 10.1. The van der Waals surface area contributed by atoms with Crippen molar-refractivity contribution in [2.24, 2.45) is 5.73 Å². The Morgan fingerprint density at radius 1 is 1.41 bits per heavy atom. The van der Waals surface area contributed by atoms with Crippen LogP contribution in [0.1, 0.15) is 39.2 Å². The molecule has 1 atom stereocenters. The Hall–Kier alpha value is -1.69. The van der Waals surface area contributed by atoms with E-state index in [9.17, 15) is 13.6 Å². The lowest BCUT2D eigenvalue weighted by molar-refractivity contribution is 0.0600. The molecule has 0 aliphatic carbocycles. The highest BCUT2D eigenvalue weighted by Crippen LogP contribution is 2.18. The molecule has 2 N–H and O–H groups in total. The maximum absolute atomic E-state index is 13.1. The number of hydrogen-bond donors (Lipinski definition) is 1. The molecule has 0 bridgehead atoms. The maximum atomic E-state index is 13.1. The molecule has 0 aromatic heterocycles. The summed E-state index contributed by atoms with van der Waals surface area (Å²) < 4.78 is 35.5. The lowest BCUT2D eigenvalue weighted by Crippen LogP contribution is -2.27. The minimum Gasteiger partial charge on any atom is -0.444 e. The predicted octanol–water partition coefficient (Wildman–Crippen LogP) is 3.57. The van der Waals surface area contributed by atoms with Gasteiger partial charge in [-0.25, -0.2) is 13.6 Å². The molecule has 0 radical (unpaired) electrons. The van der Waals surface area contributed by atoms with Gasteiger partial charge in [0.1, 0.15) is 17.2 Å². The first kappa shape index (κ1) is 18.4. The zero-order chi connectivity index (χ0) is 16.8. The standard InChI is InChI=1S/C11H12F2O.C5H11NO2/c12-9-4-5-11(13)8(6-9)2-1-3-10-7-14-10;1-5(2,3)8-4(6)7/h4-6,10H,1-3,7H2;1-3H3,(H2,6,7). The SMILES string of the molecule is CC(C)(C)OC(N)=O.Fc1ccc(F)c(CCCC2CO2)c1. The van der Waals surface area contributed by atoms with Crippen molar-refractivity contribution in [1.82, 2.24) is 0 Å². The van der Waals surface area contributed by atoms with Crippen LogP contribution in [-0.2, 0) is 15.9 Å². The monoisotopic (exact) mass is 315 g/mol. The third-order valence-corrected chi connectivity index (χ3v) is 2.79. The van der Waals surface area contributed by atoms with Gasteiger partial charge >= 0.3 is 6.09 Å². The Morgan fingerprint density at radius 2 is 2.05 bits per heavy atom. The molecule has 1 aromatic rings. The number of amides is 1. The number of benzene rings is 1. The molecule has 22 heavy (non-hydrogen) atoms. The fourth-order valence-electron chi connectivity index (χ4n) is 1.79. The summed E-state index contributed by atoms with van der Waals surface area (Å²) in [5.74, 6) is -0.688. The smallest absolute Gasteiger partial charge is 0.405 e. The van der Waals surface area contributed by atoms with Crippen molar-refractivity contribution in [2.75, 3.05) is 6.61 Å². The third kappa shape index (κ3) is 8.56. The van der Waals surface area contributed by atoms with E-state index in [2.05, 4.69) is 4.74 Å². The van der Waals surface area contributed by atoms with Crippen LogP contribution in [0.3, 0.4) is 0 Å². The second kappa shape index (κ2) is 8.08. The number of halogens is 2. The molecule has 6 heteroatoms. The van der Waals surface area contributed by atoms with Crippen LogP contribution in [-0.4, -0.2) is 24.4 Å². The van der Waals surface area contributed by atoms with Crippen LogP contribution in [0.5, 0.6) is 0 Å². The summed E-state index contributed by atoms with van der Waals surface area (Å²) in [5, 5.41) is 0. The highest BCUT2D eigenvalue weighted by atomic mass is 19.1. The summed E-state index contributed by atoms with van der Waals surface area (Å²) in [7, 11) is 0. The summed E-state index contributed by atoms with van der Waals surface area (Å²) in [6.45, 7) is 6.11. The molecule has 1 fully saturated rings. The third-order valence-electron chi connectivity index (χ3n) is 2.79. The summed E-state index contributed by atoms with van der Waals surface area (Å²) in [5.41, 5.74) is 4.73. The van der Waals surface area contributed by atoms with Crippen LogP contribution in [0.15, 0.2) is 18.2 Å². The second-order valence-electron chi connectivity index (χ2n) is 6.12. The van der Waals surface area contributed by atoms with Crippen molar-refractivity contribution in [2.45, 2.75) is 51.7 Å². The molecule has 0 spiro atoms. The second-order valence-corrected chi connectivity index (χ2v) is 6.12.